The molecule has 2 aromatic carbocycles. The summed E-state index contributed by atoms with van der Waals surface area (Å²) in [5, 5.41) is 9.87. The van der Waals surface area contributed by atoms with Gasteiger partial charge in [-0.25, -0.2) is 0 Å². The fraction of sp³-hybridized carbons (Fsp3) is 0.158. The number of carbonyl (C=O) groups is 1. The number of fused-ring (bicyclic) bond motifs is 1. The van der Waals surface area contributed by atoms with Crippen LogP contribution in [0.2, 0.25) is 0 Å². The average molecular weight is 288 g/mol. The second-order valence-electron chi connectivity index (χ2n) is 5.61. The van der Waals surface area contributed by atoms with E-state index in [-0.39, 0.29) is 11.7 Å². The van der Waals surface area contributed by atoms with Crippen LogP contribution in [0.15, 0.2) is 54.7 Å². The van der Waals surface area contributed by atoms with Crippen LogP contribution in [0, 0.1) is 17.2 Å². The van der Waals surface area contributed by atoms with E-state index in [0.29, 0.717) is 5.56 Å². The Hall–Kier alpha value is -2.86. The largest absolute Gasteiger partial charge is 0.316 e. The lowest BCUT2D eigenvalue weighted by Crippen LogP contribution is -2.06. The molecule has 22 heavy (non-hydrogen) atoms. The lowest BCUT2D eigenvalue weighted by molar-refractivity contribution is 0.0941. The van der Waals surface area contributed by atoms with Gasteiger partial charge in [0.2, 0.25) is 0 Å². The second-order valence-corrected chi connectivity index (χ2v) is 5.61. The molecule has 1 aromatic heterocycles. The fourth-order valence-corrected chi connectivity index (χ4v) is 2.60. The molecule has 3 nitrogen and oxygen atoms in total. The van der Waals surface area contributed by atoms with Crippen molar-refractivity contribution in [3.05, 3.63) is 65.9 Å². The minimum Gasteiger partial charge on any atom is -0.316 e. The molecular formula is C19H16N2O. The van der Waals surface area contributed by atoms with E-state index >= 15 is 0 Å². The first-order valence-corrected chi connectivity index (χ1v) is 7.26. The Balaban J connectivity index is 2.22. The van der Waals surface area contributed by atoms with Crippen molar-refractivity contribution in [2.45, 2.75) is 13.8 Å². The van der Waals surface area contributed by atoms with Crippen molar-refractivity contribution in [1.29, 1.82) is 5.26 Å². The van der Waals surface area contributed by atoms with Crippen molar-refractivity contribution < 1.29 is 4.79 Å². The average Bonchev–Trinajstić information content (AvgIpc) is 2.93. The zero-order valence-electron chi connectivity index (χ0n) is 12.6. The summed E-state index contributed by atoms with van der Waals surface area (Å²) in [4.78, 5) is 12.4. The quantitative estimate of drug-likeness (QED) is 0.673. The smallest absolute Gasteiger partial charge is 0.167 e. The third-order valence-corrected chi connectivity index (χ3v) is 3.78. The highest BCUT2D eigenvalue weighted by molar-refractivity contribution is 6.09. The van der Waals surface area contributed by atoms with Gasteiger partial charge in [0.25, 0.3) is 0 Å². The summed E-state index contributed by atoms with van der Waals surface area (Å²) in [7, 11) is 0. The van der Waals surface area contributed by atoms with Crippen LogP contribution < -0.4 is 0 Å². The van der Waals surface area contributed by atoms with Crippen molar-refractivity contribution in [2.24, 2.45) is 5.92 Å². The number of para-hydroxylation sites is 1. The Morgan fingerprint density at radius 1 is 1.09 bits per heavy atom. The molecular weight excluding hydrogens is 272 g/mol. The molecule has 0 aliphatic carbocycles. The van der Waals surface area contributed by atoms with Gasteiger partial charge in [0.1, 0.15) is 0 Å². The Labute approximate surface area is 129 Å². The van der Waals surface area contributed by atoms with E-state index in [4.69, 9.17) is 5.26 Å². The highest BCUT2D eigenvalue weighted by atomic mass is 16.1. The van der Waals surface area contributed by atoms with E-state index in [1.54, 1.807) is 12.1 Å². The molecule has 3 rings (SSSR count). The number of hydrogen-bond donors (Lipinski definition) is 0. The van der Waals surface area contributed by atoms with E-state index in [2.05, 4.69) is 6.07 Å². The second kappa shape index (κ2) is 5.50. The molecule has 108 valence electrons. The van der Waals surface area contributed by atoms with Gasteiger partial charge in [-0.1, -0.05) is 32.0 Å². The Bertz CT molecular complexity index is 880. The van der Waals surface area contributed by atoms with Gasteiger partial charge in [0.05, 0.1) is 17.1 Å². The molecule has 0 saturated carbocycles. The third kappa shape index (κ3) is 2.29. The number of aromatic nitrogens is 1. The number of nitriles is 1. The summed E-state index contributed by atoms with van der Waals surface area (Å²) in [6.45, 7) is 3.83. The Morgan fingerprint density at radius 3 is 2.41 bits per heavy atom. The first kappa shape index (κ1) is 14.1. The van der Waals surface area contributed by atoms with Crippen LogP contribution in [0.4, 0.5) is 0 Å². The van der Waals surface area contributed by atoms with Crippen molar-refractivity contribution in [2.75, 3.05) is 0 Å². The van der Waals surface area contributed by atoms with Crippen LogP contribution >= 0.6 is 0 Å². The van der Waals surface area contributed by atoms with Gasteiger partial charge in [0, 0.05) is 28.8 Å². The summed E-state index contributed by atoms with van der Waals surface area (Å²) >= 11 is 0. The molecule has 0 atom stereocenters. The first-order chi connectivity index (χ1) is 10.6. The Morgan fingerprint density at radius 2 is 1.77 bits per heavy atom. The minimum atomic E-state index is -0.0415. The lowest BCUT2D eigenvalue weighted by atomic mass is 10.0. The van der Waals surface area contributed by atoms with Crippen molar-refractivity contribution in [3.63, 3.8) is 0 Å². The molecule has 1 heterocycles. The van der Waals surface area contributed by atoms with E-state index in [0.717, 1.165) is 22.2 Å². The number of ketones is 1. The van der Waals surface area contributed by atoms with E-state index in [1.807, 2.05) is 61.0 Å². The van der Waals surface area contributed by atoms with E-state index < -0.39 is 0 Å². The summed E-state index contributed by atoms with van der Waals surface area (Å²) in [6, 6.07) is 17.4. The van der Waals surface area contributed by atoms with Crippen molar-refractivity contribution in [1.82, 2.24) is 4.57 Å². The number of carbonyl (C=O) groups excluding carboxylic acids is 1. The monoisotopic (exact) mass is 288 g/mol. The zero-order chi connectivity index (χ0) is 15.7. The fourth-order valence-electron chi connectivity index (χ4n) is 2.60. The topological polar surface area (TPSA) is 45.8 Å². The van der Waals surface area contributed by atoms with Gasteiger partial charge >= 0.3 is 0 Å². The summed E-state index contributed by atoms with van der Waals surface area (Å²) in [5.74, 6) is 0.101. The molecule has 0 aliphatic heterocycles. The maximum atomic E-state index is 12.4. The normalized spacial score (nSPS) is 10.8. The van der Waals surface area contributed by atoms with Crippen molar-refractivity contribution >= 4 is 16.7 Å². The predicted molar refractivity (Wildman–Crippen MR) is 87.2 cm³/mol. The molecule has 0 N–H and O–H groups in total. The molecule has 0 bridgehead atoms. The summed E-state index contributed by atoms with van der Waals surface area (Å²) in [6.07, 6.45) is 1.90. The van der Waals surface area contributed by atoms with Gasteiger partial charge in [-0.2, -0.15) is 5.26 Å². The van der Waals surface area contributed by atoms with Gasteiger partial charge < -0.3 is 4.57 Å². The molecule has 0 saturated heterocycles. The summed E-state index contributed by atoms with van der Waals surface area (Å²) < 4.78 is 2.01. The highest BCUT2D eigenvalue weighted by Gasteiger charge is 2.17. The minimum absolute atomic E-state index is 0.0415. The Kier molecular flexibility index (Phi) is 3.52. The predicted octanol–water partition coefficient (Wildman–Crippen LogP) is 4.34. The van der Waals surface area contributed by atoms with Crippen LogP contribution in [0.1, 0.15) is 29.8 Å². The molecule has 3 heteroatoms. The maximum absolute atomic E-state index is 12.4. The standard InChI is InChI=1S/C19H16N2O/c1-13(2)19(22)17-12-21(18-6-4-3-5-16(17)18)15-9-7-14(11-20)8-10-15/h3-10,12-13H,1-2H3. The van der Waals surface area contributed by atoms with Crippen LogP contribution in [-0.4, -0.2) is 10.4 Å². The first-order valence-electron chi connectivity index (χ1n) is 7.26. The molecule has 0 amide bonds. The summed E-state index contributed by atoms with van der Waals surface area (Å²) in [5.41, 5.74) is 3.31. The molecule has 0 radical (unpaired) electrons. The lowest BCUT2D eigenvalue weighted by Gasteiger charge is -2.05. The van der Waals surface area contributed by atoms with E-state index in [9.17, 15) is 4.79 Å². The van der Waals surface area contributed by atoms with Crippen molar-refractivity contribution in [3.8, 4) is 11.8 Å². The molecule has 0 aliphatic rings. The van der Waals surface area contributed by atoms with Crippen LogP contribution in [0.5, 0.6) is 0 Å². The van der Waals surface area contributed by atoms with Gasteiger partial charge in [-0.15, -0.1) is 0 Å². The van der Waals surface area contributed by atoms with Gasteiger partial charge in [-0.3, -0.25) is 4.79 Å². The van der Waals surface area contributed by atoms with Crippen LogP contribution in [-0.2, 0) is 0 Å². The molecule has 0 spiro atoms. The number of Topliss-reactive ketones (excluding diaryl/α,β-unsaturated/α-hetero) is 1. The highest BCUT2D eigenvalue weighted by Crippen LogP contribution is 2.26. The molecule has 3 aromatic rings. The molecule has 0 fully saturated rings. The van der Waals surface area contributed by atoms with Gasteiger partial charge in [0.15, 0.2) is 5.78 Å². The number of rotatable bonds is 3. The molecule has 0 unspecified atom stereocenters. The number of benzene rings is 2. The number of hydrogen-bond acceptors (Lipinski definition) is 2. The van der Waals surface area contributed by atoms with Gasteiger partial charge in [-0.05, 0) is 30.3 Å². The van der Waals surface area contributed by atoms with Crippen LogP contribution in [0.25, 0.3) is 16.6 Å². The SMILES string of the molecule is CC(C)C(=O)c1cn(-c2ccc(C#N)cc2)c2ccccc12. The maximum Gasteiger partial charge on any atom is 0.167 e. The van der Waals surface area contributed by atoms with Crippen LogP contribution in [0.3, 0.4) is 0 Å². The zero-order valence-corrected chi connectivity index (χ0v) is 12.6. The van der Waals surface area contributed by atoms with E-state index in [1.165, 1.54) is 0 Å². The third-order valence-electron chi connectivity index (χ3n) is 3.78. The number of nitrogens with zero attached hydrogens (tertiary/aromatic N) is 2.